The highest BCUT2D eigenvalue weighted by molar-refractivity contribution is 9.10. The van der Waals surface area contributed by atoms with Crippen LogP contribution >= 0.6 is 15.9 Å². The molecule has 0 aliphatic heterocycles. The van der Waals surface area contributed by atoms with Crippen molar-refractivity contribution >= 4 is 21.6 Å². The summed E-state index contributed by atoms with van der Waals surface area (Å²) in [5.74, 6) is -2.57. The summed E-state index contributed by atoms with van der Waals surface area (Å²) < 4.78 is 39.8. The number of nitrogen functional groups attached to an aromatic ring is 1. The predicted octanol–water partition coefficient (Wildman–Crippen LogP) is 4.12. The number of halogens is 4. The Morgan fingerprint density at radius 1 is 0.941 bits per heavy atom. The van der Waals surface area contributed by atoms with Gasteiger partial charge in [0.25, 0.3) is 0 Å². The van der Waals surface area contributed by atoms with Crippen molar-refractivity contribution in [2.75, 3.05) is 5.73 Å². The van der Waals surface area contributed by atoms with Gasteiger partial charge in [0.1, 0.15) is 5.82 Å². The van der Waals surface area contributed by atoms with Crippen LogP contribution in [0.15, 0.2) is 34.8 Å². The predicted molar refractivity (Wildman–Crippen MR) is 63.9 cm³/mol. The van der Waals surface area contributed by atoms with Gasteiger partial charge in [-0.25, -0.2) is 13.2 Å². The Labute approximate surface area is 104 Å². The first-order valence-electron chi connectivity index (χ1n) is 4.69. The van der Waals surface area contributed by atoms with Gasteiger partial charge in [-0.15, -0.1) is 0 Å². The van der Waals surface area contributed by atoms with E-state index in [4.69, 9.17) is 5.73 Å². The SMILES string of the molecule is Nc1cc(Br)c(F)c(-c2ccc(F)c(F)c2)c1. The monoisotopic (exact) mass is 301 g/mol. The molecule has 0 fully saturated rings. The highest BCUT2D eigenvalue weighted by Crippen LogP contribution is 2.31. The van der Waals surface area contributed by atoms with Gasteiger partial charge in [0.2, 0.25) is 0 Å². The fourth-order valence-corrected chi connectivity index (χ4v) is 1.96. The van der Waals surface area contributed by atoms with Crippen LogP contribution < -0.4 is 5.73 Å². The van der Waals surface area contributed by atoms with Crippen LogP contribution in [-0.2, 0) is 0 Å². The molecule has 0 saturated carbocycles. The largest absolute Gasteiger partial charge is 0.399 e. The quantitative estimate of drug-likeness (QED) is 0.788. The van der Waals surface area contributed by atoms with E-state index in [-0.39, 0.29) is 15.6 Å². The topological polar surface area (TPSA) is 26.0 Å². The van der Waals surface area contributed by atoms with E-state index in [0.717, 1.165) is 12.1 Å². The van der Waals surface area contributed by atoms with Crippen molar-refractivity contribution in [1.82, 2.24) is 0 Å². The van der Waals surface area contributed by atoms with Crippen LogP contribution in [0.2, 0.25) is 0 Å². The molecule has 0 aliphatic carbocycles. The van der Waals surface area contributed by atoms with Crippen molar-refractivity contribution in [3.05, 3.63) is 52.3 Å². The average Bonchev–Trinajstić information content (AvgIpc) is 2.27. The Morgan fingerprint density at radius 3 is 2.29 bits per heavy atom. The molecule has 0 heterocycles. The van der Waals surface area contributed by atoms with Gasteiger partial charge in [0.05, 0.1) is 4.47 Å². The van der Waals surface area contributed by atoms with Gasteiger partial charge in [-0.05, 0) is 45.8 Å². The second-order valence-electron chi connectivity index (χ2n) is 3.49. The molecule has 2 aromatic carbocycles. The van der Waals surface area contributed by atoms with Gasteiger partial charge < -0.3 is 5.73 Å². The highest BCUT2D eigenvalue weighted by atomic mass is 79.9. The molecule has 0 radical (unpaired) electrons. The van der Waals surface area contributed by atoms with Crippen LogP contribution in [0.1, 0.15) is 0 Å². The highest BCUT2D eigenvalue weighted by Gasteiger charge is 2.12. The molecule has 5 heteroatoms. The molecular formula is C12H7BrF3N. The van der Waals surface area contributed by atoms with Crippen LogP contribution in [0.25, 0.3) is 11.1 Å². The van der Waals surface area contributed by atoms with E-state index in [1.54, 1.807) is 0 Å². The van der Waals surface area contributed by atoms with Crippen LogP contribution in [-0.4, -0.2) is 0 Å². The lowest BCUT2D eigenvalue weighted by Gasteiger charge is -2.07. The minimum Gasteiger partial charge on any atom is -0.399 e. The first-order valence-corrected chi connectivity index (χ1v) is 5.48. The lowest BCUT2D eigenvalue weighted by atomic mass is 10.0. The molecule has 1 nitrogen and oxygen atoms in total. The van der Waals surface area contributed by atoms with E-state index >= 15 is 0 Å². The van der Waals surface area contributed by atoms with Gasteiger partial charge in [-0.1, -0.05) is 6.07 Å². The molecule has 0 aromatic heterocycles. The normalized spacial score (nSPS) is 10.6. The molecule has 2 aromatic rings. The average molecular weight is 302 g/mol. The molecule has 88 valence electrons. The van der Waals surface area contributed by atoms with Gasteiger partial charge in [0.15, 0.2) is 11.6 Å². The number of rotatable bonds is 1. The number of anilines is 1. The first kappa shape index (κ1) is 12.0. The summed E-state index contributed by atoms with van der Waals surface area (Å²) in [6.45, 7) is 0. The van der Waals surface area contributed by atoms with Crippen LogP contribution in [0.3, 0.4) is 0 Å². The maximum absolute atomic E-state index is 13.8. The van der Waals surface area contributed by atoms with Crippen molar-refractivity contribution < 1.29 is 13.2 Å². The molecule has 0 bridgehead atoms. The van der Waals surface area contributed by atoms with Crippen molar-refractivity contribution in [3.63, 3.8) is 0 Å². The molecule has 0 atom stereocenters. The maximum atomic E-state index is 13.8. The third-order valence-corrected chi connectivity index (χ3v) is 2.86. The molecule has 2 N–H and O–H groups in total. The van der Waals surface area contributed by atoms with Crippen LogP contribution in [0.4, 0.5) is 18.9 Å². The summed E-state index contributed by atoms with van der Waals surface area (Å²) in [5, 5.41) is 0. The van der Waals surface area contributed by atoms with E-state index in [0.29, 0.717) is 5.69 Å². The van der Waals surface area contributed by atoms with Gasteiger partial charge in [0, 0.05) is 11.3 Å². The maximum Gasteiger partial charge on any atom is 0.159 e. The molecule has 0 saturated heterocycles. The Balaban J connectivity index is 2.64. The van der Waals surface area contributed by atoms with Crippen molar-refractivity contribution in [3.8, 4) is 11.1 Å². The number of hydrogen-bond donors (Lipinski definition) is 1. The standard InChI is InChI=1S/C12H7BrF3N/c13-9-5-7(17)4-8(12(9)16)6-1-2-10(14)11(15)3-6/h1-5H,17H2. The van der Waals surface area contributed by atoms with Gasteiger partial charge >= 0.3 is 0 Å². The van der Waals surface area contributed by atoms with E-state index in [1.807, 2.05) is 0 Å². The van der Waals surface area contributed by atoms with E-state index in [9.17, 15) is 13.2 Å². The molecule has 0 unspecified atom stereocenters. The summed E-state index contributed by atoms with van der Waals surface area (Å²) in [5.41, 5.74) is 6.25. The molecule has 17 heavy (non-hydrogen) atoms. The van der Waals surface area contributed by atoms with Crippen LogP contribution in [0, 0.1) is 17.5 Å². The Hall–Kier alpha value is -1.49. The van der Waals surface area contributed by atoms with E-state index in [2.05, 4.69) is 15.9 Å². The lowest BCUT2D eigenvalue weighted by Crippen LogP contribution is -1.93. The van der Waals surface area contributed by atoms with Crippen LogP contribution in [0.5, 0.6) is 0 Å². The van der Waals surface area contributed by atoms with E-state index in [1.165, 1.54) is 18.2 Å². The summed E-state index contributed by atoms with van der Waals surface area (Å²) in [6, 6.07) is 5.94. The minimum atomic E-state index is -1.03. The third-order valence-electron chi connectivity index (χ3n) is 2.28. The summed E-state index contributed by atoms with van der Waals surface area (Å²) in [7, 11) is 0. The molecule has 0 aliphatic rings. The fraction of sp³-hybridized carbons (Fsp3) is 0. The summed E-state index contributed by atoms with van der Waals surface area (Å²) >= 11 is 3.00. The second kappa shape index (κ2) is 4.41. The van der Waals surface area contributed by atoms with E-state index < -0.39 is 17.5 Å². The molecule has 0 amide bonds. The summed E-state index contributed by atoms with van der Waals surface area (Å²) in [6.07, 6.45) is 0. The van der Waals surface area contributed by atoms with Crippen molar-refractivity contribution in [1.29, 1.82) is 0 Å². The zero-order valence-corrected chi connectivity index (χ0v) is 10.1. The zero-order chi connectivity index (χ0) is 12.6. The number of benzene rings is 2. The zero-order valence-electron chi connectivity index (χ0n) is 8.48. The number of hydrogen-bond acceptors (Lipinski definition) is 1. The smallest absolute Gasteiger partial charge is 0.159 e. The van der Waals surface area contributed by atoms with Gasteiger partial charge in [-0.3, -0.25) is 0 Å². The minimum absolute atomic E-state index is 0.121. The fourth-order valence-electron chi connectivity index (χ4n) is 1.48. The Kier molecular flexibility index (Phi) is 3.11. The molecule has 0 spiro atoms. The third kappa shape index (κ3) is 2.29. The second-order valence-corrected chi connectivity index (χ2v) is 4.35. The molecule has 2 rings (SSSR count). The summed E-state index contributed by atoms with van der Waals surface area (Å²) in [4.78, 5) is 0. The Bertz CT molecular complexity index is 584. The molecular weight excluding hydrogens is 295 g/mol. The lowest BCUT2D eigenvalue weighted by molar-refractivity contribution is 0.509. The first-order chi connectivity index (χ1) is 7.99. The Morgan fingerprint density at radius 2 is 1.65 bits per heavy atom. The van der Waals surface area contributed by atoms with Crippen molar-refractivity contribution in [2.45, 2.75) is 0 Å². The van der Waals surface area contributed by atoms with Crippen molar-refractivity contribution in [2.24, 2.45) is 0 Å². The number of nitrogens with two attached hydrogens (primary N) is 1. The van der Waals surface area contributed by atoms with Gasteiger partial charge in [-0.2, -0.15) is 0 Å².